The first-order valence-electron chi connectivity index (χ1n) is 5.60. The zero-order chi connectivity index (χ0) is 12.7. The first-order chi connectivity index (χ1) is 8.15. The van der Waals surface area contributed by atoms with Gasteiger partial charge in [-0.15, -0.1) is 11.8 Å². The topological polar surface area (TPSA) is 75.7 Å². The van der Waals surface area contributed by atoms with Gasteiger partial charge in [-0.3, -0.25) is 0 Å². The van der Waals surface area contributed by atoms with Gasteiger partial charge in [0.1, 0.15) is 5.75 Å². The van der Waals surface area contributed by atoms with Crippen molar-refractivity contribution in [2.75, 3.05) is 24.7 Å². The van der Waals surface area contributed by atoms with Crippen LogP contribution in [0.1, 0.15) is 13.3 Å². The Labute approximate surface area is 106 Å². The number of aliphatic hydroxyl groups is 2. The molecule has 4 nitrogen and oxygen atoms in total. The zero-order valence-corrected chi connectivity index (χ0v) is 10.7. The first-order valence-corrected chi connectivity index (χ1v) is 6.59. The Hall–Kier alpha value is -0.910. The third-order valence-electron chi connectivity index (χ3n) is 2.03. The lowest BCUT2D eigenvalue weighted by atomic mass is 10.3. The molecule has 1 aromatic rings. The van der Waals surface area contributed by atoms with Crippen LogP contribution in [0.3, 0.4) is 0 Å². The molecule has 4 N–H and O–H groups in total. The van der Waals surface area contributed by atoms with Gasteiger partial charge < -0.3 is 20.7 Å². The molecule has 0 saturated carbocycles. The minimum Gasteiger partial charge on any atom is -0.493 e. The van der Waals surface area contributed by atoms with E-state index in [1.54, 1.807) is 6.07 Å². The Balaban J connectivity index is 2.61. The largest absolute Gasteiger partial charge is 0.493 e. The van der Waals surface area contributed by atoms with Crippen LogP contribution in [0.2, 0.25) is 0 Å². The highest BCUT2D eigenvalue weighted by atomic mass is 32.2. The van der Waals surface area contributed by atoms with Crippen LogP contribution in [-0.4, -0.2) is 35.3 Å². The highest BCUT2D eigenvalue weighted by Gasteiger charge is 2.05. The summed E-state index contributed by atoms with van der Waals surface area (Å²) < 4.78 is 5.50. The maximum absolute atomic E-state index is 9.27. The van der Waals surface area contributed by atoms with Gasteiger partial charge in [-0.2, -0.15) is 0 Å². The fraction of sp³-hybridized carbons (Fsp3) is 0.500. The summed E-state index contributed by atoms with van der Waals surface area (Å²) in [6.45, 7) is 2.47. The molecule has 1 rings (SSSR count). The van der Waals surface area contributed by atoms with E-state index in [2.05, 4.69) is 0 Å². The van der Waals surface area contributed by atoms with Gasteiger partial charge in [-0.05, 0) is 18.6 Å². The summed E-state index contributed by atoms with van der Waals surface area (Å²) in [6.07, 6.45) is 0.238. The fourth-order valence-electron chi connectivity index (χ4n) is 1.23. The summed E-state index contributed by atoms with van der Waals surface area (Å²) in [7, 11) is 0. The summed E-state index contributed by atoms with van der Waals surface area (Å²) in [6, 6.07) is 5.50. The Morgan fingerprint density at radius 1 is 1.41 bits per heavy atom. The summed E-state index contributed by atoms with van der Waals surface area (Å²) in [5.41, 5.74) is 6.40. The zero-order valence-electron chi connectivity index (χ0n) is 9.93. The predicted molar refractivity (Wildman–Crippen MR) is 70.5 cm³/mol. The van der Waals surface area contributed by atoms with Crippen LogP contribution < -0.4 is 10.5 Å². The van der Waals surface area contributed by atoms with Crippen LogP contribution in [0.5, 0.6) is 5.75 Å². The second-order valence-electron chi connectivity index (χ2n) is 3.73. The van der Waals surface area contributed by atoms with E-state index in [1.807, 2.05) is 19.1 Å². The summed E-state index contributed by atoms with van der Waals surface area (Å²) in [5, 5.41) is 18.0. The molecule has 0 aliphatic carbocycles. The lowest BCUT2D eigenvalue weighted by Crippen LogP contribution is -2.14. The average Bonchev–Trinajstić information content (AvgIpc) is 2.32. The van der Waals surface area contributed by atoms with Crippen molar-refractivity contribution in [1.82, 2.24) is 0 Å². The molecule has 0 spiro atoms. The number of rotatable bonds is 7. The summed E-state index contributed by atoms with van der Waals surface area (Å²) >= 11 is 1.44. The minimum atomic E-state index is -0.707. The standard InChI is InChI=1S/C12H19NO3S/c1-2-3-16-11-4-9(13)5-12(6-11)17-8-10(15)7-14/h4-6,10,14-15H,2-3,7-8,13H2,1H3. The van der Waals surface area contributed by atoms with Crippen LogP contribution in [0.25, 0.3) is 0 Å². The highest BCUT2D eigenvalue weighted by molar-refractivity contribution is 7.99. The molecule has 0 radical (unpaired) electrons. The molecule has 0 heterocycles. The molecular formula is C12H19NO3S. The van der Waals surface area contributed by atoms with Crippen molar-refractivity contribution in [3.63, 3.8) is 0 Å². The van der Waals surface area contributed by atoms with Crippen molar-refractivity contribution >= 4 is 17.4 Å². The Morgan fingerprint density at radius 3 is 2.82 bits per heavy atom. The van der Waals surface area contributed by atoms with Crippen LogP contribution in [0.15, 0.2) is 23.1 Å². The number of hydrogen-bond donors (Lipinski definition) is 3. The van der Waals surface area contributed by atoms with E-state index in [-0.39, 0.29) is 6.61 Å². The molecule has 0 aliphatic rings. The number of aliphatic hydroxyl groups excluding tert-OH is 2. The van der Waals surface area contributed by atoms with Crippen LogP contribution in [-0.2, 0) is 0 Å². The number of ether oxygens (including phenoxy) is 1. The smallest absolute Gasteiger partial charge is 0.122 e. The van der Waals surface area contributed by atoms with E-state index in [0.717, 1.165) is 17.1 Å². The molecule has 17 heavy (non-hydrogen) atoms. The van der Waals surface area contributed by atoms with Crippen molar-refractivity contribution in [3.8, 4) is 5.75 Å². The molecule has 1 unspecified atom stereocenters. The fourth-order valence-corrected chi connectivity index (χ4v) is 2.13. The van der Waals surface area contributed by atoms with Gasteiger partial charge in [-0.1, -0.05) is 6.92 Å². The summed E-state index contributed by atoms with van der Waals surface area (Å²) in [5.74, 6) is 1.18. The Kier molecular flexibility index (Phi) is 6.18. The Morgan fingerprint density at radius 2 is 2.18 bits per heavy atom. The molecule has 96 valence electrons. The van der Waals surface area contributed by atoms with E-state index in [9.17, 15) is 5.11 Å². The molecule has 0 bridgehead atoms. The quantitative estimate of drug-likeness (QED) is 0.510. The second kappa shape index (κ2) is 7.42. The minimum absolute atomic E-state index is 0.228. The molecule has 1 atom stereocenters. The molecule has 0 amide bonds. The first kappa shape index (κ1) is 14.2. The second-order valence-corrected chi connectivity index (χ2v) is 4.83. The van der Waals surface area contributed by atoms with Gasteiger partial charge in [0.2, 0.25) is 0 Å². The van der Waals surface area contributed by atoms with E-state index in [1.165, 1.54) is 11.8 Å². The number of nitrogens with two attached hydrogens (primary N) is 1. The van der Waals surface area contributed by atoms with Gasteiger partial charge in [0.15, 0.2) is 0 Å². The number of benzene rings is 1. The van der Waals surface area contributed by atoms with E-state index < -0.39 is 6.10 Å². The van der Waals surface area contributed by atoms with Gasteiger partial charge in [0.05, 0.1) is 19.3 Å². The molecule has 1 aromatic carbocycles. The van der Waals surface area contributed by atoms with E-state index in [4.69, 9.17) is 15.6 Å². The van der Waals surface area contributed by atoms with Crippen molar-refractivity contribution < 1.29 is 14.9 Å². The van der Waals surface area contributed by atoms with Gasteiger partial charge >= 0.3 is 0 Å². The maximum atomic E-state index is 9.27. The molecule has 0 saturated heterocycles. The number of thioether (sulfide) groups is 1. The molecule has 0 fully saturated rings. The van der Waals surface area contributed by atoms with E-state index in [0.29, 0.717) is 18.0 Å². The normalized spacial score (nSPS) is 12.4. The van der Waals surface area contributed by atoms with Gasteiger partial charge in [0.25, 0.3) is 0 Å². The Bertz CT molecular complexity index is 347. The van der Waals surface area contributed by atoms with Crippen LogP contribution >= 0.6 is 11.8 Å². The van der Waals surface area contributed by atoms with Crippen molar-refractivity contribution in [3.05, 3.63) is 18.2 Å². The molecule has 0 aromatic heterocycles. The molecular weight excluding hydrogens is 238 g/mol. The molecule has 5 heteroatoms. The van der Waals surface area contributed by atoms with Gasteiger partial charge in [-0.25, -0.2) is 0 Å². The maximum Gasteiger partial charge on any atom is 0.122 e. The molecule has 0 aliphatic heterocycles. The third kappa shape index (κ3) is 5.30. The van der Waals surface area contributed by atoms with Gasteiger partial charge in [0, 0.05) is 22.4 Å². The lowest BCUT2D eigenvalue weighted by Gasteiger charge is -2.10. The predicted octanol–water partition coefficient (Wildman–Crippen LogP) is 1.50. The van der Waals surface area contributed by atoms with Crippen LogP contribution in [0.4, 0.5) is 5.69 Å². The van der Waals surface area contributed by atoms with Crippen molar-refractivity contribution in [2.24, 2.45) is 0 Å². The number of nitrogen functional groups attached to an aromatic ring is 1. The third-order valence-corrected chi connectivity index (χ3v) is 3.15. The number of anilines is 1. The lowest BCUT2D eigenvalue weighted by molar-refractivity contribution is 0.113. The summed E-state index contributed by atoms with van der Waals surface area (Å²) in [4.78, 5) is 0.934. The SMILES string of the molecule is CCCOc1cc(N)cc(SCC(O)CO)c1. The van der Waals surface area contributed by atoms with E-state index >= 15 is 0 Å². The van der Waals surface area contributed by atoms with Crippen LogP contribution in [0, 0.1) is 0 Å². The van der Waals surface area contributed by atoms with Crippen molar-refractivity contribution in [1.29, 1.82) is 0 Å². The van der Waals surface area contributed by atoms with Crippen molar-refractivity contribution in [2.45, 2.75) is 24.3 Å². The number of hydrogen-bond acceptors (Lipinski definition) is 5. The average molecular weight is 257 g/mol. The monoisotopic (exact) mass is 257 g/mol. The highest BCUT2D eigenvalue weighted by Crippen LogP contribution is 2.27.